The molecule has 1 saturated heterocycles. The number of fused-ring (bicyclic) bond motifs is 1. The molecule has 31 heavy (non-hydrogen) atoms. The maximum absolute atomic E-state index is 12.7. The Morgan fingerprint density at radius 2 is 1.65 bits per heavy atom. The molecule has 0 atom stereocenters. The molecule has 0 aliphatic carbocycles. The van der Waals surface area contributed by atoms with Crippen LogP contribution in [0.5, 0.6) is 0 Å². The van der Waals surface area contributed by atoms with Gasteiger partial charge in [0.15, 0.2) is 6.61 Å². The molecule has 1 N–H and O–H groups in total. The van der Waals surface area contributed by atoms with Crippen molar-refractivity contribution in [1.82, 2.24) is 4.31 Å². The summed E-state index contributed by atoms with van der Waals surface area (Å²) in [5, 5.41) is 4.73. The fourth-order valence-electron chi connectivity index (χ4n) is 3.54. The number of rotatable bonds is 6. The quantitative estimate of drug-likeness (QED) is 0.596. The highest BCUT2D eigenvalue weighted by atomic mass is 32.2. The van der Waals surface area contributed by atoms with Crippen molar-refractivity contribution in [3.8, 4) is 0 Å². The zero-order valence-corrected chi connectivity index (χ0v) is 17.6. The van der Waals surface area contributed by atoms with E-state index >= 15 is 0 Å². The Bertz CT molecular complexity index is 1230. The molecular weight excluding hydrogens is 416 g/mol. The van der Waals surface area contributed by atoms with E-state index in [4.69, 9.17) is 4.74 Å². The highest BCUT2D eigenvalue weighted by Crippen LogP contribution is 2.22. The van der Waals surface area contributed by atoms with Crippen LogP contribution in [-0.2, 0) is 19.6 Å². The minimum atomic E-state index is -3.64. The summed E-state index contributed by atoms with van der Waals surface area (Å²) in [7, 11) is -3.64. The summed E-state index contributed by atoms with van der Waals surface area (Å²) in [5.74, 6) is -1.24. The SMILES string of the molecule is O=C(COC(=O)c1cccc(S(=O)(=O)N2CCCC2)c1)Nc1ccc2ccccc2c1. The fraction of sp³-hybridized carbons (Fsp3) is 0.217. The predicted molar refractivity (Wildman–Crippen MR) is 117 cm³/mol. The summed E-state index contributed by atoms with van der Waals surface area (Å²) in [6.07, 6.45) is 1.65. The zero-order chi connectivity index (χ0) is 21.8. The first-order chi connectivity index (χ1) is 14.9. The Kier molecular flexibility index (Phi) is 6.01. The summed E-state index contributed by atoms with van der Waals surface area (Å²) in [5.41, 5.74) is 0.678. The number of hydrogen-bond donors (Lipinski definition) is 1. The lowest BCUT2D eigenvalue weighted by atomic mass is 10.1. The molecule has 4 rings (SSSR count). The number of nitrogens with zero attached hydrogens (tertiary/aromatic N) is 1. The van der Waals surface area contributed by atoms with Crippen LogP contribution >= 0.6 is 0 Å². The van der Waals surface area contributed by atoms with E-state index in [1.54, 1.807) is 6.07 Å². The van der Waals surface area contributed by atoms with Gasteiger partial charge in [-0.2, -0.15) is 4.31 Å². The Balaban J connectivity index is 1.38. The summed E-state index contributed by atoms with van der Waals surface area (Å²) in [4.78, 5) is 24.6. The molecule has 7 nitrogen and oxygen atoms in total. The van der Waals surface area contributed by atoms with Crippen molar-refractivity contribution in [1.29, 1.82) is 0 Å². The lowest BCUT2D eigenvalue weighted by molar-refractivity contribution is -0.119. The fourth-order valence-corrected chi connectivity index (χ4v) is 5.10. The van der Waals surface area contributed by atoms with Crippen molar-refractivity contribution >= 4 is 38.4 Å². The van der Waals surface area contributed by atoms with Crippen molar-refractivity contribution in [3.05, 3.63) is 72.3 Å². The number of carbonyl (C=O) groups is 2. The van der Waals surface area contributed by atoms with Gasteiger partial charge < -0.3 is 10.1 Å². The lowest BCUT2D eigenvalue weighted by Gasteiger charge is -2.15. The molecule has 0 spiro atoms. The second-order valence-electron chi connectivity index (χ2n) is 7.33. The first kappa shape index (κ1) is 21.0. The van der Waals surface area contributed by atoms with Crippen LogP contribution in [0.1, 0.15) is 23.2 Å². The average Bonchev–Trinajstić information content (AvgIpc) is 3.33. The number of amides is 1. The van der Waals surface area contributed by atoms with Gasteiger partial charge in [-0.25, -0.2) is 13.2 Å². The van der Waals surface area contributed by atoms with Gasteiger partial charge in [-0.1, -0.05) is 36.4 Å². The first-order valence-corrected chi connectivity index (χ1v) is 11.4. The monoisotopic (exact) mass is 438 g/mol. The molecule has 1 aliphatic rings. The van der Waals surface area contributed by atoms with Crippen molar-refractivity contribution < 1.29 is 22.7 Å². The molecule has 0 bridgehead atoms. The van der Waals surface area contributed by atoms with Crippen LogP contribution in [-0.4, -0.2) is 44.3 Å². The van der Waals surface area contributed by atoms with E-state index in [-0.39, 0.29) is 10.5 Å². The number of hydrogen-bond acceptors (Lipinski definition) is 5. The number of ether oxygens (including phenoxy) is 1. The molecule has 8 heteroatoms. The lowest BCUT2D eigenvalue weighted by Crippen LogP contribution is -2.28. The Morgan fingerprint density at radius 1 is 0.903 bits per heavy atom. The largest absolute Gasteiger partial charge is 0.452 e. The topological polar surface area (TPSA) is 92.8 Å². The normalized spacial score (nSPS) is 14.5. The first-order valence-electron chi connectivity index (χ1n) is 9.99. The van der Waals surface area contributed by atoms with Crippen LogP contribution in [0.2, 0.25) is 0 Å². The third-order valence-electron chi connectivity index (χ3n) is 5.14. The third kappa shape index (κ3) is 4.76. The summed E-state index contributed by atoms with van der Waals surface area (Å²) in [6.45, 7) is 0.479. The number of anilines is 1. The summed E-state index contributed by atoms with van der Waals surface area (Å²) in [6, 6.07) is 19.0. The molecule has 160 valence electrons. The molecule has 0 aromatic heterocycles. The van der Waals surface area contributed by atoms with Gasteiger partial charge in [-0.3, -0.25) is 4.79 Å². The van der Waals surface area contributed by atoms with E-state index in [0.717, 1.165) is 23.6 Å². The van der Waals surface area contributed by atoms with Crippen molar-refractivity contribution in [2.24, 2.45) is 0 Å². The Labute approximate surface area is 180 Å². The molecule has 1 amide bonds. The van der Waals surface area contributed by atoms with Gasteiger partial charge in [0.05, 0.1) is 10.5 Å². The second-order valence-corrected chi connectivity index (χ2v) is 9.26. The molecular formula is C23H22N2O5S. The molecule has 1 aliphatic heterocycles. The van der Waals surface area contributed by atoms with Gasteiger partial charge >= 0.3 is 5.97 Å². The predicted octanol–water partition coefficient (Wildman–Crippen LogP) is 3.42. The molecule has 0 unspecified atom stereocenters. The van der Waals surface area contributed by atoms with E-state index < -0.39 is 28.5 Å². The molecule has 3 aromatic rings. The standard InChI is InChI=1S/C23H22N2O5S/c26-22(24-20-11-10-17-6-1-2-7-18(17)14-20)16-30-23(27)19-8-5-9-21(15-19)31(28,29)25-12-3-4-13-25/h1-2,5-11,14-15H,3-4,12-13,16H2,(H,24,26). The highest BCUT2D eigenvalue weighted by Gasteiger charge is 2.27. The summed E-state index contributed by atoms with van der Waals surface area (Å²) >= 11 is 0. The van der Waals surface area contributed by atoms with Crippen molar-refractivity contribution in [2.75, 3.05) is 25.0 Å². The maximum Gasteiger partial charge on any atom is 0.338 e. The Hall–Kier alpha value is -3.23. The average molecular weight is 439 g/mol. The van der Waals surface area contributed by atoms with Gasteiger partial charge in [0, 0.05) is 18.8 Å². The van der Waals surface area contributed by atoms with Gasteiger partial charge in [0.2, 0.25) is 10.0 Å². The Morgan fingerprint density at radius 3 is 2.42 bits per heavy atom. The number of sulfonamides is 1. The number of carbonyl (C=O) groups excluding carboxylic acids is 2. The van der Waals surface area contributed by atoms with E-state index in [0.29, 0.717) is 18.8 Å². The van der Waals surface area contributed by atoms with Crippen LogP contribution in [0.25, 0.3) is 10.8 Å². The van der Waals surface area contributed by atoms with Gasteiger partial charge in [0.1, 0.15) is 0 Å². The molecule has 1 fully saturated rings. The minimum absolute atomic E-state index is 0.0458. The van der Waals surface area contributed by atoms with E-state index in [2.05, 4.69) is 5.32 Å². The minimum Gasteiger partial charge on any atom is -0.452 e. The van der Waals surface area contributed by atoms with Gasteiger partial charge in [0.25, 0.3) is 5.91 Å². The highest BCUT2D eigenvalue weighted by molar-refractivity contribution is 7.89. The van der Waals surface area contributed by atoms with Crippen LogP contribution in [0.3, 0.4) is 0 Å². The number of esters is 1. The van der Waals surface area contributed by atoms with Crippen LogP contribution in [0.15, 0.2) is 71.6 Å². The van der Waals surface area contributed by atoms with Gasteiger partial charge in [-0.05, 0) is 53.9 Å². The van der Waals surface area contributed by atoms with Crippen molar-refractivity contribution in [3.63, 3.8) is 0 Å². The third-order valence-corrected chi connectivity index (χ3v) is 7.03. The van der Waals surface area contributed by atoms with Crippen LogP contribution < -0.4 is 5.32 Å². The van der Waals surface area contributed by atoms with Crippen LogP contribution in [0.4, 0.5) is 5.69 Å². The zero-order valence-electron chi connectivity index (χ0n) is 16.8. The maximum atomic E-state index is 12.7. The second kappa shape index (κ2) is 8.87. The van der Waals surface area contributed by atoms with E-state index in [1.807, 2.05) is 36.4 Å². The molecule has 0 saturated carbocycles. The van der Waals surface area contributed by atoms with E-state index in [9.17, 15) is 18.0 Å². The molecule has 1 heterocycles. The van der Waals surface area contributed by atoms with E-state index in [1.165, 1.54) is 28.6 Å². The summed E-state index contributed by atoms with van der Waals surface area (Å²) < 4.78 is 31.9. The molecule has 3 aromatic carbocycles. The van der Waals surface area contributed by atoms with Gasteiger partial charge in [-0.15, -0.1) is 0 Å². The smallest absolute Gasteiger partial charge is 0.338 e. The molecule has 0 radical (unpaired) electrons. The van der Waals surface area contributed by atoms with Crippen molar-refractivity contribution in [2.45, 2.75) is 17.7 Å². The number of benzene rings is 3. The van der Waals surface area contributed by atoms with Crippen LogP contribution in [0, 0.1) is 0 Å². The number of nitrogens with one attached hydrogen (secondary N) is 1.